The molecule has 0 atom stereocenters. The maximum absolute atomic E-state index is 5.47. The van der Waals surface area contributed by atoms with Gasteiger partial charge in [-0.15, -0.1) is 0 Å². The Hall–Kier alpha value is -0.0000000000000000139. The van der Waals surface area contributed by atoms with E-state index in [1.54, 1.807) is 0 Å². The van der Waals surface area contributed by atoms with Crippen LogP contribution in [-0.2, 0) is 9.05 Å². The van der Waals surface area contributed by atoms with Crippen LogP contribution in [0.1, 0.15) is 26.7 Å². The second-order valence-electron chi connectivity index (χ2n) is 1.95. The lowest BCUT2D eigenvalue weighted by atomic mass is 10.5. The van der Waals surface area contributed by atoms with Gasteiger partial charge in [-0.1, -0.05) is 20.0 Å². The third-order valence-corrected chi connectivity index (χ3v) is 1.72. The van der Waals surface area contributed by atoms with Crippen molar-refractivity contribution in [2.75, 3.05) is 13.2 Å². The molecule has 10 heavy (non-hydrogen) atoms. The molecule has 0 aliphatic heterocycles. The van der Waals surface area contributed by atoms with Gasteiger partial charge < -0.3 is 9.05 Å². The van der Waals surface area contributed by atoms with Crippen LogP contribution < -0.4 is 0 Å². The summed E-state index contributed by atoms with van der Waals surface area (Å²) in [5.74, 6) is 0. The van der Waals surface area contributed by atoms with Gasteiger partial charge in [-0.25, -0.2) is 0 Å². The normalized spacial score (nSPS) is 9.70. The minimum absolute atomic E-state index is 0.700. The fourth-order valence-electron chi connectivity index (χ4n) is 0.400. The summed E-state index contributed by atoms with van der Waals surface area (Å²) in [5, 5.41) is 0. The predicted molar refractivity (Wildman–Crippen MR) is 44.4 cm³/mol. The number of rotatable bonds is 4. The van der Waals surface area contributed by atoms with Gasteiger partial charge in [-0.05, 0) is 12.8 Å². The van der Waals surface area contributed by atoms with Gasteiger partial charge >= 0.3 is 0 Å². The van der Waals surface area contributed by atoms with Gasteiger partial charge in [0, 0.05) is 0 Å². The topological polar surface area (TPSA) is 18.5 Å². The molecule has 0 aliphatic carbocycles. The number of hydrogen-bond acceptors (Lipinski definition) is 2. The van der Waals surface area contributed by atoms with Gasteiger partial charge in [0.15, 0.2) is 7.83 Å². The minimum atomic E-state index is -1.09. The highest BCUT2D eigenvalue weighted by atomic mass is 31.1. The summed E-state index contributed by atoms with van der Waals surface area (Å²) in [7, 11) is -1.09. The largest absolute Gasteiger partial charge is 0.307 e. The van der Waals surface area contributed by atoms with Crippen molar-refractivity contribution in [1.29, 1.82) is 0 Å². The zero-order chi connectivity index (χ0) is 7.82. The summed E-state index contributed by atoms with van der Waals surface area (Å²) >= 11 is 0. The molecule has 3 heteroatoms. The molecule has 0 spiro atoms. The lowest BCUT2D eigenvalue weighted by Gasteiger charge is -2.02. The Kier molecular flexibility index (Phi) is 7.11. The van der Waals surface area contributed by atoms with Crippen LogP contribution in [0.5, 0.6) is 0 Å². The quantitative estimate of drug-likeness (QED) is 0.592. The summed E-state index contributed by atoms with van der Waals surface area (Å²) < 4.78 is 10.2. The molecule has 0 amide bonds. The van der Waals surface area contributed by atoms with Crippen molar-refractivity contribution in [1.82, 2.24) is 0 Å². The Balaban J connectivity index is 3.12. The maximum Gasteiger partial charge on any atom is 0.169 e. The van der Waals surface area contributed by atoms with E-state index in [9.17, 15) is 0 Å². The van der Waals surface area contributed by atoms with E-state index in [0.29, 0.717) is 13.2 Å². The Morgan fingerprint density at radius 3 is 1.80 bits per heavy atom. The first-order valence-corrected chi connectivity index (χ1v) is 4.86. The van der Waals surface area contributed by atoms with Gasteiger partial charge in [0.25, 0.3) is 0 Å². The molecule has 60 valence electrons. The molecule has 0 saturated heterocycles. The lowest BCUT2D eigenvalue weighted by molar-refractivity contribution is 0.264. The van der Waals surface area contributed by atoms with E-state index in [0.717, 1.165) is 12.8 Å². The minimum Gasteiger partial charge on any atom is -0.307 e. The summed E-state index contributed by atoms with van der Waals surface area (Å²) in [4.78, 5) is 0. The van der Waals surface area contributed by atoms with E-state index >= 15 is 0 Å². The molecular weight excluding hydrogens is 147 g/mol. The highest BCUT2D eigenvalue weighted by Gasteiger charge is 1.89. The van der Waals surface area contributed by atoms with Crippen LogP contribution in [-0.4, -0.2) is 13.2 Å². The van der Waals surface area contributed by atoms with Crippen molar-refractivity contribution in [3.63, 3.8) is 0 Å². The van der Waals surface area contributed by atoms with E-state index in [2.05, 4.69) is 0 Å². The fraction of sp³-hybridized carbons (Fsp3) is 0.857. The molecule has 0 aromatic carbocycles. The summed E-state index contributed by atoms with van der Waals surface area (Å²) in [6, 6.07) is 0. The lowest BCUT2D eigenvalue weighted by Crippen LogP contribution is -1.86. The first-order chi connectivity index (χ1) is 4.81. The molecule has 0 aromatic rings. The van der Waals surface area contributed by atoms with Gasteiger partial charge in [-0.2, -0.15) is 0 Å². The summed E-state index contributed by atoms with van der Waals surface area (Å²) in [6.45, 7) is 5.49. The standard InChI is InChI=1S/C7H15O2P/c1-4-6-8-10(3)9-7-5-2/h3H,4-7H2,1-2H3. The smallest absolute Gasteiger partial charge is 0.169 e. The van der Waals surface area contributed by atoms with Crippen molar-refractivity contribution in [3.05, 3.63) is 0 Å². The predicted octanol–water partition coefficient (Wildman–Crippen LogP) is 2.74. The molecule has 0 heterocycles. The molecule has 0 rings (SSSR count). The highest BCUT2D eigenvalue weighted by molar-refractivity contribution is 7.35. The van der Waals surface area contributed by atoms with E-state index in [1.807, 2.05) is 13.8 Å². The molecule has 0 aliphatic rings. The van der Waals surface area contributed by atoms with E-state index in [-0.39, 0.29) is 0 Å². The van der Waals surface area contributed by atoms with Crippen LogP contribution >= 0.6 is 7.83 Å². The summed E-state index contributed by atoms with van der Waals surface area (Å²) in [6.07, 6.45) is 7.45. The number of hydrogen-bond donors (Lipinski definition) is 0. The fourth-order valence-corrected chi connectivity index (χ4v) is 1.20. The molecule has 0 fully saturated rings. The molecule has 0 bridgehead atoms. The first-order valence-electron chi connectivity index (χ1n) is 3.61. The van der Waals surface area contributed by atoms with Crippen LogP contribution in [0.15, 0.2) is 0 Å². The van der Waals surface area contributed by atoms with Crippen LogP contribution in [0, 0.1) is 6.13 Å². The maximum atomic E-state index is 5.47. The summed E-state index contributed by atoms with van der Waals surface area (Å²) in [5.41, 5.74) is 0. The van der Waals surface area contributed by atoms with E-state index in [1.165, 1.54) is 0 Å². The highest BCUT2D eigenvalue weighted by Crippen LogP contribution is 2.20. The Morgan fingerprint density at radius 1 is 1.10 bits per heavy atom. The third-order valence-electron chi connectivity index (χ3n) is 0.845. The second-order valence-corrected chi connectivity index (χ2v) is 3.04. The van der Waals surface area contributed by atoms with Gasteiger partial charge in [0.1, 0.15) is 0 Å². The Morgan fingerprint density at radius 2 is 1.50 bits per heavy atom. The molecule has 2 nitrogen and oxygen atoms in total. The molecular formula is C7H15O2P. The van der Waals surface area contributed by atoms with Crippen molar-refractivity contribution in [3.8, 4) is 6.13 Å². The SMILES string of the molecule is C#P(OCCC)OCCC. The zero-order valence-corrected chi connectivity index (χ0v) is 7.56. The van der Waals surface area contributed by atoms with Gasteiger partial charge in [0.2, 0.25) is 0 Å². The molecule has 0 unspecified atom stereocenters. The Bertz CT molecular complexity index is 113. The van der Waals surface area contributed by atoms with Crippen molar-refractivity contribution in [2.45, 2.75) is 26.7 Å². The van der Waals surface area contributed by atoms with E-state index in [4.69, 9.17) is 15.2 Å². The van der Waals surface area contributed by atoms with Crippen molar-refractivity contribution < 1.29 is 9.05 Å². The van der Waals surface area contributed by atoms with Gasteiger partial charge in [0.05, 0.1) is 13.2 Å². The molecule has 0 saturated carbocycles. The average Bonchev–Trinajstić information content (AvgIpc) is 1.97. The van der Waals surface area contributed by atoms with Crippen LogP contribution in [0.4, 0.5) is 0 Å². The van der Waals surface area contributed by atoms with Crippen LogP contribution in [0.25, 0.3) is 0 Å². The average molecular weight is 162 g/mol. The molecule has 0 N–H and O–H groups in total. The van der Waals surface area contributed by atoms with Gasteiger partial charge in [-0.3, -0.25) is 0 Å². The van der Waals surface area contributed by atoms with E-state index < -0.39 is 7.83 Å². The molecule has 0 radical (unpaired) electrons. The monoisotopic (exact) mass is 162 g/mol. The van der Waals surface area contributed by atoms with Crippen LogP contribution in [0.3, 0.4) is 0 Å². The zero-order valence-electron chi connectivity index (χ0n) is 6.67. The van der Waals surface area contributed by atoms with Crippen LogP contribution in [0.2, 0.25) is 0 Å². The van der Waals surface area contributed by atoms with Crippen molar-refractivity contribution >= 4 is 7.83 Å². The Labute approximate surface area is 63.7 Å². The second kappa shape index (κ2) is 7.11. The first kappa shape index (κ1) is 10.0. The van der Waals surface area contributed by atoms with Crippen molar-refractivity contribution in [2.24, 2.45) is 0 Å². The third kappa shape index (κ3) is 6.12. The molecule has 0 aromatic heterocycles.